The van der Waals surface area contributed by atoms with Crippen LogP contribution >= 0.6 is 0 Å². The van der Waals surface area contributed by atoms with Crippen molar-refractivity contribution in [3.8, 4) is 0 Å². The van der Waals surface area contributed by atoms with Crippen molar-refractivity contribution in [1.29, 1.82) is 0 Å². The van der Waals surface area contributed by atoms with E-state index in [1.165, 1.54) is 12.1 Å². The zero-order chi connectivity index (χ0) is 11.5. The van der Waals surface area contributed by atoms with Crippen LogP contribution in [0.2, 0.25) is 0 Å². The fraction of sp³-hybridized carbons (Fsp3) is 0.308. The lowest BCUT2D eigenvalue weighted by Gasteiger charge is -2.02. The number of carbonyl (C=O) groups excluding carboxylic acids is 1. The van der Waals surface area contributed by atoms with Crippen LogP contribution in [0, 0.1) is 11.7 Å². The molecule has 0 saturated carbocycles. The van der Waals surface area contributed by atoms with Gasteiger partial charge in [-0.05, 0) is 36.6 Å². The third-order valence-electron chi connectivity index (χ3n) is 2.83. The van der Waals surface area contributed by atoms with Gasteiger partial charge in [0.15, 0.2) is 0 Å². The van der Waals surface area contributed by atoms with Gasteiger partial charge in [0.05, 0.1) is 0 Å². The Morgan fingerprint density at radius 3 is 3.06 bits per heavy atom. The molecular weight excluding hydrogens is 205 g/mol. The van der Waals surface area contributed by atoms with E-state index in [-0.39, 0.29) is 11.7 Å². The van der Waals surface area contributed by atoms with E-state index in [9.17, 15) is 9.18 Å². The van der Waals surface area contributed by atoms with E-state index in [4.69, 9.17) is 0 Å². The van der Waals surface area contributed by atoms with Crippen LogP contribution in [-0.4, -0.2) is 11.3 Å². The third-order valence-corrected chi connectivity index (χ3v) is 2.83. The highest BCUT2D eigenvalue weighted by atomic mass is 19.1. The van der Waals surface area contributed by atoms with Gasteiger partial charge in [-0.2, -0.15) is 0 Å². The first kappa shape index (κ1) is 10.9. The predicted molar refractivity (Wildman–Crippen MR) is 61.8 cm³/mol. The molecule has 1 aromatic carbocycles. The zero-order valence-corrected chi connectivity index (χ0v) is 9.16. The number of aryl methyl sites for hydroxylation is 1. The van der Waals surface area contributed by atoms with Gasteiger partial charge in [-0.3, -0.25) is 0 Å². The molecule has 0 bridgehead atoms. The van der Waals surface area contributed by atoms with Crippen LogP contribution in [0.3, 0.4) is 0 Å². The lowest BCUT2D eigenvalue weighted by Crippen LogP contribution is -1.97. The van der Waals surface area contributed by atoms with Crippen molar-refractivity contribution < 1.29 is 9.18 Å². The Kier molecular flexibility index (Phi) is 3.04. The van der Waals surface area contributed by atoms with Crippen LogP contribution in [0.4, 0.5) is 4.39 Å². The Morgan fingerprint density at radius 1 is 1.50 bits per heavy atom. The maximum atomic E-state index is 13.1. The molecule has 2 nitrogen and oxygen atoms in total. The van der Waals surface area contributed by atoms with E-state index in [1.807, 2.05) is 13.1 Å². The largest absolute Gasteiger partial charge is 0.361 e. The normalized spacial score (nSPS) is 12.9. The molecule has 0 fully saturated rings. The van der Waals surface area contributed by atoms with Crippen LogP contribution < -0.4 is 0 Å². The summed E-state index contributed by atoms with van der Waals surface area (Å²) in [6.07, 6.45) is 4.44. The van der Waals surface area contributed by atoms with Crippen molar-refractivity contribution in [3.63, 3.8) is 0 Å². The minimum Gasteiger partial charge on any atom is -0.361 e. The molecule has 84 valence electrons. The average Bonchev–Trinajstić information content (AvgIpc) is 2.68. The van der Waals surface area contributed by atoms with Gasteiger partial charge in [-0.1, -0.05) is 6.92 Å². The Balaban J connectivity index is 2.24. The maximum Gasteiger partial charge on any atom is 0.123 e. The van der Waals surface area contributed by atoms with E-state index in [1.54, 1.807) is 6.07 Å². The molecule has 2 rings (SSSR count). The molecule has 1 atom stereocenters. The highest BCUT2D eigenvalue weighted by Gasteiger charge is 2.06. The van der Waals surface area contributed by atoms with Crippen LogP contribution in [-0.2, 0) is 11.2 Å². The van der Waals surface area contributed by atoms with Crippen LogP contribution in [0.15, 0.2) is 24.4 Å². The molecule has 0 amide bonds. The zero-order valence-electron chi connectivity index (χ0n) is 9.16. The lowest BCUT2D eigenvalue weighted by atomic mass is 10.0. The third kappa shape index (κ3) is 2.13. The molecule has 3 heteroatoms. The second-order valence-electron chi connectivity index (χ2n) is 4.16. The number of halogens is 1. The van der Waals surface area contributed by atoms with Crippen molar-refractivity contribution in [1.82, 2.24) is 4.98 Å². The summed E-state index contributed by atoms with van der Waals surface area (Å²) >= 11 is 0. The SMILES string of the molecule is C[C@@H](C=O)CCc1c[nH]c2ccc(F)cc12. The van der Waals surface area contributed by atoms with Crippen molar-refractivity contribution in [2.45, 2.75) is 19.8 Å². The van der Waals surface area contributed by atoms with Crippen molar-refractivity contribution in [3.05, 3.63) is 35.8 Å². The molecule has 1 heterocycles. The summed E-state index contributed by atoms with van der Waals surface area (Å²) in [5.74, 6) is -0.171. The number of hydrogen-bond donors (Lipinski definition) is 1. The van der Waals surface area contributed by atoms with Crippen molar-refractivity contribution in [2.24, 2.45) is 5.92 Å². The number of hydrogen-bond acceptors (Lipinski definition) is 1. The molecule has 0 aliphatic heterocycles. The molecule has 0 aliphatic rings. The van der Waals surface area contributed by atoms with Crippen LogP contribution in [0.25, 0.3) is 10.9 Å². The summed E-state index contributed by atoms with van der Waals surface area (Å²) in [7, 11) is 0. The molecule has 1 N–H and O–H groups in total. The minimum absolute atomic E-state index is 0.0542. The molecule has 0 aliphatic carbocycles. The van der Waals surface area contributed by atoms with E-state index >= 15 is 0 Å². The van der Waals surface area contributed by atoms with Gasteiger partial charge in [-0.15, -0.1) is 0 Å². The number of H-pyrrole nitrogens is 1. The van der Waals surface area contributed by atoms with Gasteiger partial charge in [0.1, 0.15) is 12.1 Å². The summed E-state index contributed by atoms with van der Waals surface area (Å²) in [5.41, 5.74) is 2.01. The number of aromatic nitrogens is 1. The van der Waals surface area contributed by atoms with Crippen LogP contribution in [0.5, 0.6) is 0 Å². The lowest BCUT2D eigenvalue weighted by molar-refractivity contribution is -0.110. The minimum atomic E-state index is -0.225. The summed E-state index contributed by atoms with van der Waals surface area (Å²) < 4.78 is 13.1. The fourth-order valence-corrected chi connectivity index (χ4v) is 1.81. The maximum absolute atomic E-state index is 13.1. The average molecular weight is 219 g/mol. The molecule has 0 spiro atoms. The Morgan fingerprint density at radius 2 is 2.31 bits per heavy atom. The molecule has 2 aromatic rings. The van der Waals surface area contributed by atoms with Gasteiger partial charge in [0.25, 0.3) is 0 Å². The number of carbonyl (C=O) groups is 1. The summed E-state index contributed by atoms with van der Waals surface area (Å²) in [4.78, 5) is 13.6. The molecule has 1 aromatic heterocycles. The highest BCUT2D eigenvalue weighted by molar-refractivity contribution is 5.83. The molecule has 0 unspecified atom stereocenters. The second-order valence-corrected chi connectivity index (χ2v) is 4.16. The molecule has 0 saturated heterocycles. The summed E-state index contributed by atoms with van der Waals surface area (Å²) in [5, 5.41) is 0.915. The predicted octanol–water partition coefficient (Wildman–Crippen LogP) is 3.07. The molecule has 0 radical (unpaired) electrons. The van der Waals surface area contributed by atoms with E-state index in [0.717, 1.165) is 35.6 Å². The van der Waals surface area contributed by atoms with E-state index in [2.05, 4.69) is 4.98 Å². The topological polar surface area (TPSA) is 32.9 Å². The first-order valence-corrected chi connectivity index (χ1v) is 5.41. The standard InChI is InChI=1S/C13H14FNO/c1-9(8-16)2-3-10-7-15-13-5-4-11(14)6-12(10)13/h4-9,15H,2-3H2,1H3/t9-/m1/s1. The summed E-state index contributed by atoms with van der Waals surface area (Å²) in [6.45, 7) is 1.89. The Hall–Kier alpha value is -1.64. The van der Waals surface area contributed by atoms with Crippen LogP contribution in [0.1, 0.15) is 18.9 Å². The van der Waals surface area contributed by atoms with Gasteiger partial charge in [0.2, 0.25) is 0 Å². The van der Waals surface area contributed by atoms with E-state index in [0.29, 0.717) is 0 Å². The molecular formula is C13H14FNO. The Bertz CT molecular complexity index is 504. The smallest absolute Gasteiger partial charge is 0.123 e. The van der Waals surface area contributed by atoms with E-state index < -0.39 is 0 Å². The number of benzene rings is 1. The van der Waals surface area contributed by atoms with Crippen molar-refractivity contribution in [2.75, 3.05) is 0 Å². The number of nitrogens with one attached hydrogen (secondary N) is 1. The monoisotopic (exact) mass is 219 g/mol. The summed E-state index contributed by atoms with van der Waals surface area (Å²) in [6, 6.07) is 4.71. The van der Waals surface area contributed by atoms with Gasteiger partial charge < -0.3 is 9.78 Å². The first-order valence-electron chi connectivity index (χ1n) is 5.41. The van der Waals surface area contributed by atoms with Crippen molar-refractivity contribution >= 4 is 17.2 Å². The number of aromatic amines is 1. The van der Waals surface area contributed by atoms with Gasteiger partial charge in [-0.25, -0.2) is 4.39 Å². The number of aldehydes is 1. The first-order chi connectivity index (χ1) is 7.70. The quantitative estimate of drug-likeness (QED) is 0.787. The Labute approximate surface area is 93.5 Å². The van der Waals surface area contributed by atoms with Gasteiger partial charge >= 0.3 is 0 Å². The highest BCUT2D eigenvalue weighted by Crippen LogP contribution is 2.21. The molecule has 16 heavy (non-hydrogen) atoms. The number of fused-ring (bicyclic) bond motifs is 1. The van der Waals surface area contributed by atoms with Gasteiger partial charge in [0, 0.05) is 23.0 Å². The fourth-order valence-electron chi connectivity index (χ4n) is 1.81. The number of rotatable bonds is 4. The second kappa shape index (κ2) is 4.47.